The molecule has 0 spiro atoms. The summed E-state index contributed by atoms with van der Waals surface area (Å²) in [5.41, 5.74) is 0.215. The molecule has 2 saturated heterocycles. The Morgan fingerprint density at radius 3 is 2.79 bits per heavy atom. The number of aliphatic hydroxyl groups excluding tert-OH is 2. The lowest BCUT2D eigenvalue weighted by molar-refractivity contribution is -0.376. The Balaban J connectivity index is 1.70. The molecule has 8 heteroatoms. The molecule has 2 aliphatic rings. The van der Waals surface area contributed by atoms with E-state index in [9.17, 15) is 15.0 Å². The third-order valence-electron chi connectivity index (χ3n) is 3.94. The number of esters is 1. The lowest BCUT2D eigenvalue weighted by atomic mass is 9.97. The van der Waals surface area contributed by atoms with Crippen LogP contribution in [0, 0.1) is 0 Å². The van der Waals surface area contributed by atoms with Crippen molar-refractivity contribution in [1.82, 2.24) is 0 Å². The van der Waals surface area contributed by atoms with Crippen molar-refractivity contribution in [2.24, 2.45) is 0 Å². The summed E-state index contributed by atoms with van der Waals surface area (Å²) in [5.74, 6) is -1.61. The van der Waals surface area contributed by atoms with E-state index in [0.29, 0.717) is 5.02 Å². The topological polar surface area (TPSA) is 94.5 Å². The van der Waals surface area contributed by atoms with Crippen LogP contribution in [-0.4, -0.2) is 59.3 Å². The molecule has 24 heavy (non-hydrogen) atoms. The predicted octanol–water partition coefficient (Wildman–Crippen LogP) is 1.09. The number of rotatable bonds is 2. The minimum absolute atomic E-state index is 0.145. The fourth-order valence-electron chi connectivity index (χ4n) is 2.72. The molecule has 0 bridgehead atoms. The first-order valence-electron chi connectivity index (χ1n) is 7.57. The molecule has 1 aromatic rings. The summed E-state index contributed by atoms with van der Waals surface area (Å²) in [4.78, 5) is 12.2. The van der Waals surface area contributed by atoms with Crippen molar-refractivity contribution >= 4 is 17.6 Å². The summed E-state index contributed by atoms with van der Waals surface area (Å²) < 4.78 is 21.8. The average molecular weight is 359 g/mol. The molecule has 5 atom stereocenters. The summed E-state index contributed by atoms with van der Waals surface area (Å²) in [6.45, 7) is 3.55. The van der Waals surface area contributed by atoms with Gasteiger partial charge in [-0.15, -0.1) is 0 Å². The smallest absolute Gasteiger partial charge is 0.340 e. The number of halogens is 1. The molecule has 0 saturated carbocycles. The van der Waals surface area contributed by atoms with Crippen molar-refractivity contribution in [2.75, 3.05) is 6.61 Å². The molecule has 2 heterocycles. The number of carbonyl (C=O) groups is 1. The van der Waals surface area contributed by atoms with Gasteiger partial charge in [-0.25, -0.2) is 4.79 Å². The molecule has 2 aliphatic heterocycles. The maximum absolute atomic E-state index is 12.2. The number of benzene rings is 1. The number of aliphatic hydroxyl groups is 2. The van der Waals surface area contributed by atoms with Gasteiger partial charge in [0.1, 0.15) is 24.4 Å². The van der Waals surface area contributed by atoms with Gasteiger partial charge in [0.05, 0.1) is 12.2 Å². The zero-order valence-corrected chi connectivity index (χ0v) is 14.0. The molecular formula is C16H19ClO7. The second-order valence-electron chi connectivity index (χ2n) is 6.23. The summed E-state index contributed by atoms with van der Waals surface area (Å²) in [6.07, 6.45) is -5.48. The van der Waals surface area contributed by atoms with Gasteiger partial charge in [0.2, 0.25) is 6.29 Å². The van der Waals surface area contributed by atoms with E-state index < -0.39 is 42.5 Å². The van der Waals surface area contributed by atoms with Crippen molar-refractivity contribution in [3.63, 3.8) is 0 Å². The van der Waals surface area contributed by atoms with Gasteiger partial charge in [0.25, 0.3) is 0 Å². The van der Waals surface area contributed by atoms with E-state index in [1.54, 1.807) is 26.0 Å². The van der Waals surface area contributed by atoms with Crippen molar-refractivity contribution < 1.29 is 34.0 Å². The van der Waals surface area contributed by atoms with Crippen LogP contribution in [-0.2, 0) is 18.9 Å². The number of ether oxygens (including phenoxy) is 4. The Bertz CT molecular complexity index is 618. The summed E-state index contributed by atoms with van der Waals surface area (Å²) in [7, 11) is 0. The van der Waals surface area contributed by atoms with Crippen LogP contribution in [0.1, 0.15) is 24.2 Å². The Morgan fingerprint density at radius 1 is 1.33 bits per heavy atom. The Labute approximate surface area is 144 Å². The minimum Gasteiger partial charge on any atom is -0.429 e. The molecular weight excluding hydrogens is 340 g/mol. The highest BCUT2D eigenvalue weighted by atomic mass is 35.5. The van der Waals surface area contributed by atoms with Gasteiger partial charge in [-0.05, 0) is 32.0 Å². The summed E-state index contributed by atoms with van der Waals surface area (Å²) in [6, 6.07) is 6.19. The van der Waals surface area contributed by atoms with Crippen LogP contribution in [0.5, 0.6) is 0 Å². The lowest BCUT2D eigenvalue weighted by Gasteiger charge is -2.48. The van der Waals surface area contributed by atoms with Gasteiger partial charge in [-0.1, -0.05) is 17.7 Å². The first-order valence-corrected chi connectivity index (χ1v) is 7.94. The van der Waals surface area contributed by atoms with E-state index in [0.717, 1.165) is 0 Å². The van der Waals surface area contributed by atoms with Gasteiger partial charge in [0, 0.05) is 5.02 Å². The number of hydrogen-bond acceptors (Lipinski definition) is 7. The van der Waals surface area contributed by atoms with Crippen LogP contribution in [0.2, 0.25) is 5.02 Å². The minimum atomic E-state index is -1.44. The highest BCUT2D eigenvalue weighted by Crippen LogP contribution is 2.33. The number of fused-ring (bicyclic) bond motifs is 1. The van der Waals surface area contributed by atoms with Crippen LogP contribution in [0.3, 0.4) is 0 Å². The molecule has 2 fully saturated rings. The molecule has 1 aromatic carbocycles. The molecule has 0 aromatic heterocycles. The molecule has 132 valence electrons. The standard InChI is InChI=1S/C16H19ClO7/c1-16(2)21-7-10-13(24-16)11(18)12(19)15(22-10)23-14(20)8-4-3-5-9(17)6-8/h3-6,10-13,15,18-19H,7H2,1-2H3/t10-,11-,12+,13-,15-/m1/s1. The van der Waals surface area contributed by atoms with Gasteiger partial charge in [-0.2, -0.15) is 0 Å². The molecule has 0 aliphatic carbocycles. The first kappa shape index (κ1) is 17.6. The fraction of sp³-hybridized carbons (Fsp3) is 0.562. The second kappa shape index (κ2) is 6.59. The molecule has 3 rings (SSSR count). The fourth-order valence-corrected chi connectivity index (χ4v) is 2.91. The molecule has 7 nitrogen and oxygen atoms in total. The van der Waals surface area contributed by atoms with E-state index >= 15 is 0 Å². The number of hydrogen-bond donors (Lipinski definition) is 2. The zero-order valence-electron chi connectivity index (χ0n) is 13.2. The van der Waals surface area contributed by atoms with Gasteiger partial charge >= 0.3 is 5.97 Å². The van der Waals surface area contributed by atoms with E-state index in [-0.39, 0.29) is 12.2 Å². The molecule has 2 N–H and O–H groups in total. The van der Waals surface area contributed by atoms with Gasteiger partial charge < -0.3 is 29.2 Å². The summed E-state index contributed by atoms with van der Waals surface area (Å²) in [5, 5.41) is 20.9. The number of carbonyl (C=O) groups excluding carboxylic acids is 1. The Hall–Kier alpha value is -1.22. The predicted molar refractivity (Wildman–Crippen MR) is 82.4 cm³/mol. The van der Waals surface area contributed by atoms with Crippen molar-refractivity contribution in [1.29, 1.82) is 0 Å². The monoisotopic (exact) mass is 358 g/mol. The highest BCUT2D eigenvalue weighted by Gasteiger charge is 2.51. The van der Waals surface area contributed by atoms with Gasteiger partial charge in [0.15, 0.2) is 5.79 Å². The van der Waals surface area contributed by atoms with E-state index in [2.05, 4.69) is 0 Å². The third-order valence-corrected chi connectivity index (χ3v) is 4.17. The van der Waals surface area contributed by atoms with Crippen LogP contribution >= 0.6 is 11.6 Å². The van der Waals surface area contributed by atoms with E-state index in [1.807, 2.05) is 0 Å². The van der Waals surface area contributed by atoms with Crippen molar-refractivity contribution in [3.05, 3.63) is 34.9 Å². The highest BCUT2D eigenvalue weighted by molar-refractivity contribution is 6.30. The van der Waals surface area contributed by atoms with Crippen molar-refractivity contribution in [2.45, 2.75) is 50.3 Å². The quantitative estimate of drug-likeness (QED) is 0.764. The molecule has 0 amide bonds. The van der Waals surface area contributed by atoms with E-state index in [1.165, 1.54) is 12.1 Å². The zero-order chi connectivity index (χ0) is 17.5. The van der Waals surface area contributed by atoms with E-state index in [4.69, 9.17) is 30.5 Å². The summed E-state index contributed by atoms with van der Waals surface area (Å²) >= 11 is 5.84. The maximum atomic E-state index is 12.2. The SMILES string of the molecule is CC1(C)OC[C@H]2O[C@H](OC(=O)c3cccc(Cl)c3)[C@@H](O)[C@@H](O)[C@@H]2O1. The molecule has 0 radical (unpaired) electrons. The lowest BCUT2D eigenvalue weighted by Crippen LogP contribution is -2.64. The second-order valence-corrected chi connectivity index (χ2v) is 6.67. The first-order chi connectivity index (χ1) is 11.3. The van der Waals surface area contributed by atoms with Crippen molar-refractivity contribution in [3.8, 4) is 0 Å². The van der Waals surface area contributed by atoms with Gasteiger partial charge in [-0.3, -0.25) is 0 Å². The Kier molecular flexibility index (Phi) is 4.83. The maximum Gasteiger partial charge on any atom is 0.340 e. The normalized spacial score (nSPS) is 35.1. The largest absolute Gasteiger partial charge is 0.429 e. The Morgan fingerprint density at radius 2 is 2.08 bits per heavy atom. The average Bonchev–Trinajstić information content (AvgIpc) is 2.52. The van der Waals surface area contributed by atoms with Crippen LogP contribution in [0.15, 0.2) is 24.3 Å². The third kappa shape index (κ3) is 3.56. The van der Waals surface area contributed by atoms with Crippen LogP contribution in [0.25, 0.3) is 0 Å². The van der Waals surface area contributed by atoms with Crippen LogP contribution < -0.4 is 0 Å². The van der Waals surface area contributed by atoms with Crippen LogP contribution in [0.4, 0.5) is 0 Å². The molecule has 0 unspecified atom stereocenters.